The second kappa shape index (κ2) is 7.03. The molecule has 1 nitrogen and oxygen atoms in total. The van der Waals surface area contributed by atoms with Crippen LogP contribution in [0.5, 0.6) is 0 Å². The lowest BCUT2D eigenvalue weighted by molar-refractivity contribution is -0.121. The Balaban J connectivity index is 1.97. The highest BCUT2D eigenvalue weighted by Gasteiger charge is 2.18. The molecule has 14 heavy (non-hydrogen) atoms. The van der Waals surface area contributed by atoms with E-state index in [4.69, 9.17) is 0 Å². The molecule has 0 aromatic rings. The Labute approximate surface area is 88.3 Å². The Bertz CT molecular complexity index is 163. The second-order valence-electron chi connectivity index (χ2n) is 4.70. The summed E-state index contributed by atoms with van der Waals surface area (Å²) in [5.74, 6) is 1.24. The van der Waals surface area contributed by atoms with Gasteiger partial charge in [0.25, 0.3) is 0 Å². The molecule has 1 atom stereocenters. The summed E-state index contributed by atoms with van der Waals surface area (Å²) >= 11 is 0. The van der Waals surface area contributed by atoms with Crippen LogP contribution >= 0.6 is 0 Å². The second-order valence-corrected chi connectivity index (χ2v) is 4.70. The van der Waals surface area contributed by atoms with Gasteiger partial charge >= 0.3 is 0 Å². The molecule has 0 saturated heterocycles. The van der Waals surface area contributed by atoms with Crippen LogP contribution in [0.2, 0.25) is 0 Å². The van der Waals surface area contributed by atoms with Crippen LogP contribution in [-0.4, -0.2) is 5.78 Å². The third-order valence-corrected chi connectivity index (χ3v) is 3.30. The van der Waals surface area contributed by atoms with Crippen LogP contribution < -0.4 is 0 Å². The lowest BCUT2D eigenvalue weighted by Crippen LogP contribution is -2.14. The molecule has 0 aromatic carbocycles. The summed E-state index contributed by atoms with van der Waals surface area (Å²) in [5, 5.41) is 0. The number of Topliss-reactive ketones (excluding diaryl/α,β-unsaturated/α-hetero) is 1. The van der Waals surface area contributed by atoms with Crippen LogP contribution in [0.15, 0.2) is 0 Å². The summed E-state index contributed by atoms with van der Waals surface area (Å²) in [5.41, 5.74) is 0. The van der Waals surface area contributed by atoms with Crippen molar-refractivity contribution in [2.45, 2.75) is 71.1 Å². The summed E-state index contributed by atoms with van der Waals surface area (Å²) in [6, 6.07) is 0. The van der Waals surface area contributed by atoms with Crippen molar-refractivity contribution in [2.75, 3.05) is 0 Å². The lowest BCUT2D eigenvalue weighted by Gasteiger charge is -2.20. The van der Waals surface area contributed by atoms with Gasteiger partial charge in [0.05, 0.1) is 0 Å². The molecule has 1 heteroatoms. The number of carbonyl (C=O) groups excluding carboxylic acids is 1. The van der Waals surface area contributed by atoms with Gasteiger partial charge in [0.15, 0.2) is 0 Å². The van der Waals surface area contributed by atoms with Gasteiger partial charge in [-0.15, -0.1) is 0 Å². The third-order valence-electron chi connectivity index (χ3n) is 3.30. The van der Waals surface area contributed by atoms with Crippen molar-refractivity contribution in [1.29, 1.82) is 0 Å². The van der Waals surface area contributed by atoms with Gasteiger partial charge in [-0.1, -0.05) is 45.4 Å². The Hall–Kier alpha value is -0.330. The average Bonchev–Trinajstić information content (AvgIpc) is 2.18. The predicted octanol–water partition coefficient (Wildman–Crippen LogP) is 4.11. The molecule has 82 valence electrons. The fourth-order valence-electron chi connectivity index (χ4n) is 2.40. The molecule has 0 spiro atoms. The first-order valence-corrected chi connectivity index (χ1v) is 6.34. The molecule has 1 aliphatic carbocycles. The van der Waals surface area contributed by atoms with Gasteiger partial charge in [-0.3, -0.25) is 4.79 Å². The van der Waals surface area contributed by atoms with Crippen molar-refractivity contribution < 1.29 is 4.79 Å². The highest BCUT2D eigenvalue weighted by Crippen LogP contribution is 2.26. The van der Waals surface area contributed by atoms with Crippen LogP contribution in [0.1, 0.15) is 71.1 Å². The molecule has 0 heterocycles. The van der Waals surface area contributed by atoms with Gasteiger partial charge in [0.1, 0.15) is 5.78 Å². The van der Waals surface area contributed by atoms with E-state index < -0.39 is 0 Å². The topological polar surface area (TPSA) is 17.1 Å². The number of unbranched alkanes of at least 4 members (excludes halogenated alkanes) is 4. The van der Waals surface area contributed by atoms with Crippen molar-refractivity contribution in [3.8, 4) is 0 Å². The molecule has 1 saturated carbocycles. The Kier molecular flexibility index (Phi) is 5.89. The summed E-state index contributed by atoms with van der Waals surface area (Å²) < 4.78 is 0. The van der Waals surface area contributed by atoms with Gasteiger partial charge in [0, 0.05) is 12.8 Å². The maximum absolute atomic E-state index is 11.2. The summed E-state index contributed by atoms with van der Waals surface area (Å²) in [6.45, 7) is 2.25. The Morgan fingerprint density at radius 2 is 2.00 bits per heavy atom. The van der Waals surface area contributed by atoms with Crippen LogP contribution in [-0.2, 0) is 4.79 Å². The maximum Gasteiger partial charge on any atom is 0.133 e. The van der Waals surface area contributed by atoms with E-state index in [2.05, 4.69) is 6.92 Å². The minimum atomic E-state index is 0.509. The van der Waals surface area contributed by atoms with Crippen molar-refractivity contribution in [3.63, 3.8) is 0 Å². The van der Waals surface area contributed by atoms with Gasteiger partial charge in [0.2, 0.25) is 0 Å². The smallest absolute Gasteiger partial charge is 0.133 e. The number of hydrogen-bond acceptors (Lipinski definition) is 1. The number of rotatable bonds is 6. The van der Waals surface area contributed by atoms with Gasteiger partial charge < -0.3 is 0 Å². The average molecular weight is 196 g/mol. The summed E-state index contributed by atoms with van der Waals surface area (Å²) in [6.07, 6.45) is 12.3. The maximum atomic E-state index is 11.2. The molecule has 1 unspecified atom stereocenters. The van der Waals surface area contributed by atoms with Crippen LogP contribution in [0, 0.1) is 5.92 Å². The van der Waals surface area contributed by atoms with Crippen molar-refractivity contribution in [2.24, 2.45) is 5.92 Å². The molecule has 0 bridgehead atoms. The highest BCUT2D eigenvalue weighted by atomic mass is 16.1. The minimum Gasteiger partial charge on any atom is -0.300 e. The van der Waals surface area contributed by atoms with E-state index in [1.54, 1.807) is 0 Å². The molecule has 1 rings (SSSR count). The molecule has 0 radical (unpaired) electrons. The van der Waals surface area contributed by atoms with E-state index in [1.165, 1.54) is 44.9 Å². The third kappa shape index (κ3) is 4.78. The van der Waals surface area contributed by atoms with Crippen LogP contribution in [0.25, 0.3) is 0 Å². The quantitative estimate of drug-likeness (QED) is 0.584. The van der Waals surface area contributed by atoms with Crippen molar-refractivity contribution in [1.82, 2.24) is 0 Å². The number of carbonyl (C=O) groups is 1. The number of ketones is 1. The molecule has 1 aliphatic rings. The monoisotopic (exact) mass is 196 g/mol. The van der Waals surface area contributed by atoms with E-state index in [0.717, 1.165) is 25.2 Å². The summed E-state index contributed by atoms with van der Waals surface area (Å²) in [4.78, 5) is 11.2. The Morgan fingerprint density at radius 1 is 1.21 bits per heavy atom. The van der Waals surface area contributed by atoms with Gasteiger partial charge in [-0.05, 0) is 18.8 Å². The molecule has 0 N–H and O–H groups in total. The SMILES string of the molecule is CCCCCCCC1CCCC(=O)C1. The normalized spacial score (nSPS) is 22.6. The predicted molar refractivity (Wildman–Crippen MR) is 60.3 cm³/mol. The zero-order valence-electron chi connectivity index (χ0n) is 9.56. The van der Waals surface area contributed by atoms with E-state index in [1.807, 2.05) is 0 Å². The first kappa shape index (κ1) is 11.7. The van der Waals surface area contributed by atoms with E-state index in [0.29, 0.717) is 5.78 Å². The van der Waals surface area contributed by atoms with Crippen molar-refractivity contribution >= 4 is 5.78 Å². The van der Waals surface area contributed by atoms with E-state index in [-0.39, 0.29) is 0 Å². The van der Waals surface area contributed by atoms with Crippen LogP contribution in [0.4, 0.5) is 0 Å². The minimum absolute atomic E-state index is 0.509. The molecule has 0 aromatic heterocycles. The standard InChI is InChI=1S/C13H24O/c1-2-3-4-5-6-8-12-9-7-10-13(14)11-12/h12H,2-11H2,1H3. The largest absolute Gasteiger partial charge is 0.300 e. The lowest BCUT2D eigenvalue weighted by atomic mass is 9.85. The summed E-state index contributed by atoms with van der Waals surface area (Å²) in [7, 11) is 0. The molecule has 0 amide bonds. The van der Waals surface area contributed by atoms with Crippen LogP contribution in [0.3, 0.4) is 0 Å². The zero-order valence-corrected chi connectivity index (χ0v) is 9.56. The fourth-order valence-corrected chi connectivity index (χ4v) is 2.40. The molecular formula is C13H24O. The van der Waals surface area contributed by atoms with Gasteiger partial charge in [-0.25, -0.2) is 0 Å². The van der Waals surface area contributed by atoms with Crippen molar-refractivity contribution in [3.05, 3.63) is 0 Å². The van der Waals surface area contributed by atoms with Gasteiger partial charge in [-0.2, -0.15) is 0 Å². The Morgan fingerprint density at radius 3 is 2.71 bits per heavy atom. The fraction of sp³-hybridized carbons (Fsp3) is 0.923. The molecule has 1 fully saturated rings. The first-order chi connectivity index (χ1) is 6.83. The highest BCUT2D eigenvalue weighted by molar-refractivity contribution is 5.79. The van der Waals surface area contributed by atoms with E-state index >= 15 is 0 Å². The molecular weight excluding hydrogens is 172 g/mol. The first-order valence-electron chi connectivity index (χ1n) is 6.34. The zero-order chi connectivity index (χ0) is 10.2. The number of hydrogen-bond donors (Lipinski definition) is 0. The molecule has 0 aliphatic heterocycles. The van der Waals surface area contributed by atoms with E-state index in [9.17, 15) is 4.79 Å².